The van der Waals surface area contributed by atoms with E-state index in [-0.39, 0.29) is 17.4 Å². The van der Waals surface area contributed by atoms with Crippen LogP contribution in [-0.2, 0) is 0 Å². The van der Waals surface area contributed by atoms with E-state index in [4.69, 9.17) is 0 Å². The Kier molecular flexibility index (Phi) is 3.91. The molecule has 4 rings (SSSR count). The topological polar surface area (TPSA) is 69.2 Å². The first-order valence-corrected chi connectivity index (χ1v) is 9.09. The summed E-state index contributed by atoms with van der Waals surface area (Å²) in [5, 5.41) is 17.3. The molecule has 0 bridgehead atoms. The number of carbonyl (C=O) groups is 1. The molecule has 2 aliphatic rings. The predicted octanol–water partition coefficient (Wildman–Crippen LogP) is 3.07. The number of nitrogens with one attached hydrogen (secondary N) is 1. The number of H-pyrrole nitrogens is 1. The Labute approximate surface area is 148 Å². The van der Waals surface area contributed by atoms with Gasteiger partial charge in [-0.15, -0.1) is 0 Å². The molecule has 1 saturated heterocycles. The third-order valence-corrected chi connectivity index (χ3v) is 6.14. The molecule has 1 aromatic carbocycles. The number of likely N-dealkylation sites (tertiary alicyclic amines) is 1. The fourth-order valence-electron chi connectivity index (χ4n) is 4.26. The van der Waals surface area contributed by atoms with Gasteiger partial charge in [0.15, 0.2) is 0 Å². The van der Waals surface area contributed by atoms with Gasteiger partial charge in [-0.05, 0) is 56.6 Å². The van der Waals surface area contributed by atoms with Crippen molar-refractivity contribution in [3.05, 3.63) is 41.1 Å². The van der Waals surface area contributed by atoms with Gasteiger partial charge < -0.3 is 10.0 Å². The summed E-state index contributed by atoms with van der Waals surface area (Å²) in [4.78, 5) is 14.7. The smallest absolute Gasteiger partial charge is 0.271 e. The van der Waals surface area contributed by atoms with Gasteiger partial charge in [0.25, 0.3) is 5.91 Å². The highest BCUT2D eigenvalue weighted by atomic mass is 16.3. The van der Waals surface area contributed by atoms with Crippen LogP contribution in [0.1, 0.15) is 47.3 Å². The molecule has 1 atom stereocenters. The van der Waals surface area contributed by atoms with E-state index in [1.165, 1.54) is 5.56 Å². The lowest BCUT2D eigenvalue weighted by molar-refractivity contribution is -0.0952. The van der Waals surface area contributed by atoms with Crippen molar-refractivity contribution in [2.45, 2.75) is 45.6 Å². The Hall–Kier alpha value is -2.14. The lowest BCUT2D eigenvalue weighted by Crippen LogP contribution is -2.53. The lowest BCUT2D eigenvalue weighted by atomic mass is 9.61. The van der Waals surface area contributed by atoms with Crippen molar-refractivity contribution in [3.8, 4) is 11.3 Å². The highest BCUT2D eigenvalue weighted by molar-refractivity contribution is 5.93. The van der Waals surface area contributed by atoms with Crippen molar-refractivity contribution in [3.63, 3.8) is 0 Å². The van der Waals surface area contributed by atoms with Gasteiger partial charge in [-0.25, -0.2) is 0 Å². The third-order valence-electron chi connectivity index (χ3n) is 6.14. The number of aromatic nitrogens is 2. The molecule has 5 nitrogen and oxygen atoms in total. The summed E-state index contributed by atoms with van der Waals surface area (Å²) in [5.74, 6) is 0.00665. The van der Waals surface area contributed by atoms with Crippen LogP contribution in [0.4, 0.5) is 0 Å². The molecule has 2 fully saturated rings. The monoisotopic (exact) mass is 339 g/mol. The number of aryl methyl sites for hydroxylation is 2. The number of benzene rings is 1. The summed E-state index contributed by atoms with van der Waals surface area (Å²) in [7, 11) is 0. The first-order valence-electron chi connectivity index (χ1n) is 9.09. The largest absolute Gasteiger partial charge is 0.393 e. The predicted molar refractivity (Wildman–Crippen MR) is 96.3 cm³/mol. The Balaban J connectivity index is 1.48. The van der Waals surface area contributed by atoms with Gasteiger partial charge in [0.1, 0.15) is 5.69 Å². The average Bonchev–Trinajstić information content (AvgIpc) is 3.09. The highest BCUT2D eigenvalue weighted by Gasteiger charge is 2.47. The Morgan fingerprint density at radius 3 is 2.60 bits per heavy atom. The van der Waals surface area contributed by atoms with Gasteiger partial charge in [0, 0.05) is 18.7 Å². The van der Waals surface area contributed by atoms with Crippen LogP contribution in [0.3, 0.4) is 0 Å². The Bertz CT molecular complexity index is 803. The molecule has 2 N–H and O–H groups in total. The number of carbonyl (C=O) groups excluding carboxylic acids is 1. The molecule has 2 heterocycles. The number of aromatic amines is 1. The zero-order valence-corrected chi connectivity index (χ0v) is 14.9. The Morgan fingerprint density at radius 1 is 1.24 bits per heavy atom. The van der Waals surface area contributed by atoms with Crippen LogP contribution in [0, 0.1) is 19.3 Å². The molecule has 5 heteroatoms. The van der Waals surface area contributed by atoms with Crippen LogP contribution in [-0.4, -0.2) is 45.3 Å². The molecule has 1 unspecified atom stereocenters. The van der Waals surface area contributed by atoms with Crippen molar-refractivity contribution in [2.75, 3.05) is 13.1 Å². The first-order chi connectivity index (χ1) is 12.0. The third kappa shape index (κ3) is 2.76. The van der Waals surface area contributed by atoms with Crippen molar-refractivity contribution < 1.29 is 9.90 Å². The van der Waals surface area contributed by atoms with Gasteiger partial charge in [-0.2, -0.15) is 5.10 Å². The number of aliphatic hydroxyl groups is 1. The number of hydrogen-bond acceptors (Lipinski definition) is 3. The van der Waals surface area contributed by atoms with Crippen LogP contribution in [0.2, 0.25) is 0 Å². The SMILES string of the molecule is Cc1ccc(-c2cc(C(=O)N3CCC4(CCC4O)CC3)[nH]n2)c(C)c1. The van der Waals surface area contributed by atoms with E-state index in [1.54, 1.807) is 0 Å². The second kappa shape index (κ2) is 5.99. The fourth-order valence-corrected chi connectivity index (χ4v) is 4.26. The van der Waals surface area contributed by atoms with E-state index in [0.717, 1.165) is 42.5 Å². The number of aliphatic hydroxyl groups excluding tert-OH is 1. The first kappa shape index (κ1) is 16.3. The molecule has 2 aromatic rings. The zero-order valence-electron chi connectivity index (χ0n) is 14.9. The summed E-state index contributed by atoms with van der Waals surface area (Å²) >= 11 is 0. The summed E-state index contributed by atoms with van der Waals surface area (Å²) in [6.07, 6.45) is 3.63. The van der Waals surface area contributed by atoms with Gasteiger partial charge in [0.05, 0.1) is 11.8 Å². The molecular formula is C20H25N3O2. The molecule has 1 aromatic heterocycles. The normalized spacial score (nSPS) is 22.0. The van der Waals surface area contributed by atoms with Crippen LogP contribution < -0.4 is 0 Å². The molecule has 1 amide bonds. The molecule has 1 saturated carbocycles. The van der Waals surface area contributed by atoms with Crippen molar-refractivity contribution in [1.29, 1.82) is 0 Å². The maximum Gasteiger partial charge on any atom is 0.271 e. The quantitative estimate of drug-likeness (QED) is 0.883. The minimum atomic E-state index is -0.173. The summed E-state index contributed by atoms with van der Waals surface area (Å²) < 4.78 is 0. The molecule has 1 aliphatic heterocycles. The fraction of sp³-hybridized carbons (Fsp3) is 0.500. The number of rotatable bonds is 2. The second-order valence-corrected chi connectivity index (χ2v) is 7.69. The maximum absolute atomic E-state index is 12.8. The molecule has 25 heavy (non-hydrogen) atoms. The zero-order chi connectivity index (χ0) is 17.6. The summed E-state index contributed by atoms with van der Waals surface area (Å²) in [5.41, 5.74) is 4.85. The minimum Gasteiger partial charge on any atom is -0.393 e. The Morgan fingerprint density at radius 2 is 2.00 bits per heavy atom. The lowest BCUT2D eigenvalue weighted by Gasteiger charge is -2.51. The van der Waals surface area contributed by atoms with E-state index >= 15 is 0 Å². The number of nitrogens with zero attached hydrogens (tertiary/aromatic N) is 2. The molecular weight excluding hydrogens is 314 g/mol. The number of piperidine rings is 1. The van der Waals surface area contributed by atoms with Gasteiger partial charge in [-0.3, -0.25) is 9.89 Å². The van der Waals surface area contributed by atoms with Crippen LogP contribution in [0.15, 0.2) is 24.3 Å². The van der Waals surface area contributed by atoms with E-state index in [9.17, 15) is 9.90 Å². The van der Waals surface area contributed by atoms with E-state index in [0.29, 0.717) is 18.8 Å². The van der Waals surface area contributed by atoms with Crippen LogP contribution in [0.5, 0.6) is 0 Å². The van der Waals surface area contributed by atoms with E-state index < -0.39 is 0 Å². The second-order valence-electron chi connectivity index (χ2n) is 7.69. The molecule has 1 spiro atoms. The number of hydrogen-bond donors (Lipinski definition) is 2. The molecule has 0 radical (unpaired) electrons. The van der Waals surface area contributed by atoms with Gasteiger partial charge in [0.2, 0.25) is 0 Å². The average molecular weight is 339 g/mol. The van der Waals surface area contributed by atoms with E-state index in [1.807, 2.05) is 11.0 Å². The van der Waals surface area contributed by atoms with E-state index in [2.05, 4.69) is 42.2 Å². The van der Waals surface area contributed by atoms with Crippen molar-refractivity contribution >= 4 is 5.91 Å². The van der Waals surface area contributed by atoms with Gasteiger partial charge >= 0.3 is 0 Å². The number of amides is 1. The standard InChI is InChI=1S/C20H25N3O2/c1-13-3-4-15(14(2)11-13)16-12-17(22-21-16)19(25)23-9-7-20(8-10-23)6-5-18(20)24/h3-4,11-12,18,24H,5-10H2,1-2H3,(H,21,22). The molecule has 132 valence electrons. The highest BCUT2D eigenvalue weighted by Crippen LogP contribution is 2.49. The summed E-state index contributed by atoms with van der Waals surface area (Å²) in [6.45, 7) is 5.56. The molecule has 1 aliphatic carbocycles. The minimum absolute atomic E-state index is 0.00665. The maximum atomic E-state index is 12.8. The van der Waals surface area contributed by atoms with Crippen molar-refractivity contribution in [2.24, 2.45) is 5.41 Å². The van der Waals surface area contributed by atoms with Crippen LogP contribution >= 0.6 is 0 Å². The van der Waals surface area contributed by atoms with Crippen molar-refractivity contribution in [1.82, 2.24) is 15.1 Å². The van der Waals surface area contributed by atoms with Gasteiger partial charge in [-0.1, -0.05) is 23.8 Å². The summed E-state index contributed by atoms with van der Waals surface area (Å²) in [6, 6.07) is 8.09. The van der Waals surface area contributed by atoms with Crippen LogP contribution in [0.25, 0.3) is 11.3 Å².